The van der Waals surface area contributed by atoms with Crippen molar-refractivity contribution in [1.29, 1.82) is 0 Å². The van der Waals surface area contributed by atoms with Crippen molar-refractivity contribution < 1.29 is 14.2 Å². The van der Waals surface area contributed by atoms with Gasteiger partial charge in [-0.05, 0) is 12.1 Å². The van der Waals surface area contributed by atoms with Crippen molar-refractivity contribution in [3.8, 4) is 11.5 Å². The van der Waals surface area contributed by atoms with E-state index in [2.05, 4.69) is 6.58 Å². The van der Waals surface area contributed by atoms with Gasteiger partial charge in [0.05, 0.1) is 26.9 Å². The van der Waals surface area contributed by atoms with Crippen LogP contribution in [0.3, 0.4) is 0 Å². The molecular formula is C11H14O3. The van der Waals surface area contributed by atoms with Crippen molar-refractivity contribution in [2.75, 3.05) is 21.3 Å². The second-order valence-corrected chi connectivity index (χ2v) is 2.69. The molecule has 3 nitrogen and oxygen atoms in total. The summed E-state index contributed by atoms with van der Waals surface area (Å²) in [7, 11) is 4.78. The zero-order chi connectivity index (χ0) is 10.6. The molecule has 0 N–H and O–H groups in total. The van der Waals surface area contributed by atoms with E-state index in [4.69, 9.17) is 14.2 Å². The molecule has 0 saturated carbocycles. The van der Waals surface area contributed by atoms with Crippen molar-refractivity contribution >= 4 is 5.76 Å². The van der Waals surface area contributed by atoms with E-state index in [1.165, 1.54) is 0 Å². The van der Waals surface area contributed by atoms with E-state index in [0.717, 1.165) is 11.3 Å². The fourth-order valence-corrected chi connectivity index (χ4v) is 1.14. The van der Waals surface area contributed by atoms with Gasteiger partial charge in [0, 0.05) is 6.07 Å². The molecule has 0 aliphatic rings. The quantitative estimate of drug-likeness (QED) is 0.688. The van der Waals surface area contributed by atoms with E-state index >= 15 is 0 Å². The third-order valence-electron chi connectivity index (χ3n) is 1.96. The first-order chi connectivity index (χ1) is 6.72. The van der Waals surface area contributed by atoms with Gasteiger partial charge in [0.25, 0.3) is 0 Å². The van der Waals surface area contributed by atoms with E-state index < -0.39 is 0 Å². The Morgan fingerprint density at radius 3 is 2.36 bits per heavy atom. The van der Waals surface area contributed by atoms with Gasteiger partial charge in [-0.2, -0.15) is 0 Å². The van der Waals surface area contributed by atoms with Gasteiger partial charge in [0.15, 0.2) is 0 Å². The van der Waals surface area contributed by atoms with E-state index in [-0.39, 0.29) is 0 Å². The number of benzene rings is 1. The summed E-state index contributed by atoms with van der Waals surface area (Å²) in [6.07, 6.45) is 0. The summed E-state index contributed by atoms with van der Waals surface area (Å²) in [5, 5.41) is 0. The Morgan fingerprint density at radius 2 is 1.86 bits per heavy atom. The average Bonchev–Trinajstić information content (AvgIpc) is 2.27. The maximum Gasteiger partial charge on any atom is 0.133 e. The first-order valence-corrected chi connectivity index (χ1v) is 4.18. The fraction of sp³-hybridized carbons (Fsp3) is 0.273. The number of hydrogen-bond acceptors (Lipinski definition) is 3. The maximum atomic E-state index is 5.19. The zero-order valence-corrected chi connectivity index (χ0v) is 8.66. The molecule has 0 saturated heterocycles. The molecule has 0 aromatic heterocycles. The van der Waals surface area contributed by atoms with Crippen LogP contribution in [0.25, 0.3) is 5.76 Å². The van der Waals surface area contributed by atoms with Gasteiger partial charge >= 0.3 is 0 Å². The predicted molar refractivity (Wildman–Crippen MR) is 55.6 cm³/mol. The normalized spacial score (nSPS) is 9.36. The molecule has 0 spiro atoms. The van der Waals surface area contributed by atoms with Crippen LogP contribution in [0, 0.1) is 0 Å². The first kappa shape index (κ1) is 10.4. The standard InChI is InChI=1S/C11H14O3/c1-8(12-2)10-6-5-9(13-3)7-11(10)14-4/h5-7H,1H2,2-4H3. The monoisotopic (exact) mass is 194 g/mol. The molecule has 1 aromatic rings. The SMILES string of the molecule is C=C(OC)c1ccc(OC)cc1OC. The van der Waals surface area contributed by atoms with Crippen LogP contribution in [0.5, 0.6) is 11.5 Å². The van der Waals surface area contributed by atoms with Crippen molar-refractivity contribution in [1.82, 2.24) is 0 Å². The Bertz CT molecular complexity index is 331. The van der Waals surface area contributed by atoms with Crippen molar-refractivity contribution in [2.45, 2.75) is 0 Å². The van der Waals surface area contributed by atoms with E-state index in [9.17, 15) is 0 Å². The Morgan fingerprint density at radius 1 is 1.14 bits per heavy atom. The summed E-state index contributed by atoms with van der Waals surface area (Å²) in [6, 6.07) is 5.48. The van der Waals surface area contributed by atoms with Gasteiger partial charge in [-0.3, -0.25) is 0 Å². The van der Waals surface area contributed by atoms with Gasteiger partial charge in [-0.25, -0.2) is 0 Å². The van der Waals surface area contributed by atoms with Crippen molar-refractivity contribution in [3.63, 3.8) is 0 Å². The minimum Gasteiger partial charge on any atom is -0.497 e. The molecule has 0 fully saturated rings. The van der Waals surface area contributed by atoms with E-state index in [1.54, 1.807) is 27.4 Å². The number of hydrogen-bond donors (Lipinski definition) is 0. The largest absolute Gasteiger partial charge is 0.497 e. The molecule has 0 aliphatic carbocycles. The number of rotatable bonds is 4. The van der Waals surface area contributed by atoms with Crippen LogP contribution < -0.4 is 9.47 Å². The molecule has 76 valence electrons. The summed E-state index contributed by atoms with van der Waals surface area (Å²) >= 11 is 0. The Labute approximate surface area is 83.9 Å². The van der Waals surface area contributed by atoms with Crippen LogP contribution in [0.15, 0.2) is 24.8 Å². The molecule has 0 aliphatic heterocycles. The second-order valence-electron chi connectivity index (χ2n) is 2.69. The maximum absolute atomic E-state index is 5.19. The van der Waals surface area contributed by atoms with E-state index in [0.29, 0.717) is 11.5 Å². The minimum absolute atomic E-state index is 0.574. The molecule has 1 aromatic carbocycles. The van der Waals surface area contributed by atoms with Crippen LogP contribution in [0.1, 0.15) is 5.56 Å². The van der Waals surface area contributed by atoms with Crippen LogP contribution in [-0.4, -0.2) is 21.3 Å². The lowest BCUT2D eigenvalue weighted by Crippen LogP contribution is -1.93. The van der Waals surface area contributed by atoms with Crippen LogP contribution in [-0.2, 0) is 4.74 Å². The summed E-state index contributed by atoms with van der Waals surface area (Å²) < 4.78 is 15.3. The topological polar surface area (TPSA) is 27.7 Å². The molecule has 0 bridgehead atoms. The third-order valence-corrected chi connectivity index (χ3v) is 1.96. The molecule has 0 atom stereocenters. The van der Waals surface area contributed by atoms with Gasteiger partial charge in [-0.1, -0.05) is 6.58 Å². The Hall–Kier alpha value is -1.64. The fourth-order valence-electron chi connectivity index (χ4n) is 1.14. The molecule has 0 heterocycles. The lowest BCUT2D eigenvalue weighted by atomic mass is 10.1. The summed E-state index contributed by atoms with van der Waals surface area (Å²) in [4.78, 5) is 0. The highest BCUT2D eigenvalue weighted by Gasteiger charge is 2.07. The average molecular weight is 194 g/mol. The molecular weight excluding hydrogens is 180 g/mol. The molecule has 14 heavy (non-hydrogen) atoms. The number of ether oxygens (including phenoxy) is 3. The summed E-state index contributed by atoms with van der Waals surface area (Å²) in [5.74, 6) is 2.01. The lowest BCUT2D eigenvalue weighted by Gasteiger charge is -2.11. The third kappa shape index (κ3) is 1.99. The second kappa shape index (κ2) is 4.56. The minimum atomic E-state index is 0.574. The lowest BCUT2D eigenvalue weighted by molar-refractivity contribution is 0.361. The van der Waals surface area contributed by atoms with Gasteiger partial charge in [0.2, 0.25) is 0 Å². The Kier molecular flexibility index (Phi) is 3.40. The van der Waals surface area contributed by atoms with Crippen LogP contribution in [0.4, 0.5) is 0 Å². The highest BCUT2D eigenvalue weighted by Crippen LogP contribution is 2.29. The zero-order valence-electron chi connectivity index (χ0n) is 8.66. The van der Waals surface area contributed by atoms with Crippen molar-refractivity contribution in [3.05, 3.63) is 30.3 Å². The highest BCUT2D eigenvalue weighted by molar-refractivity contribution is 5.65. The van der Waals surface area contributed by atoms with Crippen LogP contribution >= 0.6 is 0 Å². The summed E-state index contributed by atoms with van der Waals surface area (Å²) in [5.41, 5.74) is 0.829. The molecule has 3 heteroatoms. The van der Waals surface area contributed by atoms with Crippen molar-refractivity contribution in [2.24, 2.45) is 0 Å². The molecule has 0 amide bonds. The molecule has 0 radical (unpaired) electrons. The van der Waals surface area contributed by atoms with E-state index in [1.807, 2.05) is 12.1 Å². The Balaban J connectivity index is 3.11. The summed E-state index contributed by atoms with van der Waals surface area (Å²) in [6.45, 7) is 3.76. The molecule has 1 rings (SSSR count). The smallest absolute Gasteiger partial charge is 0.133 e. The van der Waals surface area contributed by atoms with Gasteiger partial charge in [0.1, 0.15) is 17.3 Å². The highest BCUT2D eigenvalue weighted by atomic mass is 16.5. The molecule has 0 unspecified atom stereocenters. The van der Waals surface area contributed by atoms with Gasteiger partial charge in [-0.15, -0.1) is 0 Å². The predicted octanol–water partition coefficient (Wildman–Crippen LogP) is 2.32. The number of methoxy groups -OCH3 is 3. The van der Waals surface area contributed by atoms with Crippen LogP contribution in [0.2, 0.25) is 0 Å². The first-order valence-electron chi connectivity index (χ1n) is 4.18. The van der Waals surface area contributed by atoms with Gasteiger partial charge < -0.3 is 14.2 Å².